The second kappa shape index (κ2) is 6.75. The van der Waals surface area contributed by atoms with E-state index in [1.807, 2.05) is 29.7 Å². The molecular formula is C15H16BrN3O2S. The highest BCUT2D eigenvalue weighted by atomic mass is 79.9. The topological polar surface area (TPSA) is 49.2 Å². The van der Waals surface area contributed by atoms with E-state index in [2.05, 4.69) is 32.7 Å². The van der Waals surface area contributed by atoms with Gasteiger partial charge in [-0.05, 0) is 24.6 Å². The summed E-state index contributed by atoms with van der Waals surface area (Å²) >= 11 is 5.24. The van der Waals surface area contributed by atoms with E-state index in [9.17, 15) is 0 Å². The number of halogens is 1. The average Bonchev–Trinajstić information content (AvgIpc) is 2.86. The fourth-order valence-electron chi connectivity index (χ4n) is 2.17. The third-order valence-electron chi connectivity index (χ3n) is 3.28. The second-order valence-corrected chi connectivity index (χ2v) is 6.60. The molecule has 2 heterocycles. The van der Waals surface area contributed by atoms with Crippen molar-refractivity contribution in [3.8, 4) is 11.5 Å². The SMILES string of the molecule is C=CCn1c(C)nnc1SCc1cc2c(cc1Br)OCCO2. The highest BCUT2D eigenvalue weighted by Crippen LogP contribution is 2.37. The number of aromatic nitrogens is 3. The van der Waals surface area contributed by atoms with E-state index in [0.717, 1.165) is 38.3 Å². The summed E-state index contributed by atoms with van der Waals surface area (Å²) in [6, 6.07) is 3.98. The summed E-state index contributed by atoms with van der Waals surface area (Å²) in [5, 5.41) is 9.24. The van der Waals surface area contributed by atoms with Crippen LogP contribution in [0.4, 0.5) is 0 Å². The van der Waals surface area contributed by atoms with E-state index in [1.54, 1.807) is 11.8 Å². The predicted octanol–water partition coefficient (Wildman–Crippen LogP) is 3.60. The monoisotopic (exact) mass is 381 g/mol. The molecule has 0 saturated carbocycles. The number of allylic oxidation sites excluding steroid dienone is 1. The first-order chi connectivity index (χ1) is 10.7. The van der Waals surface area contributed by atoms with E-state index in [-0.39, 0.29) is 0 Å². The number of hydrogen-bond donors (Lipinski definition) is 0. The van der Waals surface area contributed by atoms with Crippen molar-refractivity contribution in [1.29, 1.82) is 0 Å². The lowest BCUT2D eigenvalue weighted by atomic mass is 10.2. The van der Waals surface area contributed by atoms with Crippen LogP contribution in [-0.2, 0) is 12.3 Å². The minimum Gasteiger partial charge on any atom is -0.486 e. The molecule has 7 heteroatoms. The van der Waals surface area contributed by atoms with Gasteiger partial charge >= 0.3 is 0 Å². The first-order valence-electron chi connectivity index (χ1n) is 6.90. The molecule has 0 radical (unpaired) electrons. The maximum absolute atomic E-state index is 5.64. The quantitative estimate of drug-likeness (QED) is 0.584. The molecule has 0 amide bonds. The van der Waals surface area contributed by atoms with Gasteiger partial charge in [0.2, 0.25) is 0 Å². The van der Waals surface area contributed by atoms with Crippen LogP contribution in [0.15, 0.2) is 34.4 Å². The van der Waals surface area contributed by atoms with Gasteiger partial charge in [0, 0.05) is 16.8 Å². The fraction of sp³-hybridized carbons (Fsp3) is 0.333. The largest absolute Gasteiger partial charge is 0.486 e. The lowest BCUT2D eigenvalue weighted by Crippen LogP contribution is -2.15. The van der Waals surface area contributed by atoms with Crippen LogP contribution in [0.5, 0.6) is 11.5 Å². The normalized spacial score (nSPS) is 13.2. The van der Waals surface area contributed by atoms with Crippen molar-refractivity contribution in [2.24, 2.45) is 0 Å². The van der Waals surface area contributed by atoms with Crippen molar-refractivity contribution in [3.05, 3.63) is 40.6 Å². The Hall–Kier alpha value is -1.47. The number of benzene rings is 1. The van der Waals surface area contributed by atoms with Gasteiger partial charge in [0.1, 0.15) is 19.0 Å². The maximum atomic E-state index is 5.64. The third-order valence-corrected chi connectivity index (χ3v) is 5.04. The molecular weight excluding hydrogens is 366 g/mol. The Balaban J connectivity index is 1.78. The van der Waals surface area contributed by atoms with Crippen molar-refractivity contribution in [2.75, 3.05) is 13.2 Å². The molecule has 0 unspecified atom stereocenters. The summed E-state index contributed by atoms with van der Waals surface area (Å²) in [6.07, 6.45) is 1.85. The molecule has 3 rings (SSSR count). The second-order valence-electron chi connectivity index (χ2n) is 4.81. The molecule has 1 aliphatic heterocycles. The van der Waals surface area contributed by atoms with E-state index in [1.165, 1.54) is 0 Å². The van der Waals surface area contributed by atoms with Crippen LogP contribution < -0.4 is 9.47 Å². The molecule has 0 saturated heterocycles. The smallest absolute Gasteiger partial charge is 0.191 e. The molecule has 0 atom stereocenters. The van der Waals surface area contributed by atoms with Crippen LogP contribution in [0.25, 0.3) is 0 Å². The summed E-state index contributed by atoms with van der Waals surface area (Å²) < 4.78 is 14.3. The van der Waals surface area contributed by atoms with Crippen molar-refractivity contribution in [2.45, 2.75) is 24.4 Å². The summed E-state index contributed by atoms with van der Waals surface area (Å²) in [6.45, 7) is 7.62. The molecule has 0 fully saturated rings. The van der Waals surface area contributed by atoms with Gasteiger partial charge in [-0.1, -0.05) is 33.8 Å². The number of thioether (sulfide) groups is 1. The van der Waals surface area contributed by atoms with Crippen molar-refractivity contribution in [3.63, 3.8) is 0 Å². The van der Waals surface area contributed by atoms with Crippen LogP contribution >= 0.6 is 27.7 Å². The van der Waals surface area contributed by atoms with Crippen LogP contribution in [0.1, 0.15) is 11.4 Å². The summed E-state index contributed by atoms with van der Waals surface area (Å²) in [5.41, 5.74) is 1.14. The number of hydrogen-bond acceptors (Lipinski definition) is 5. The van der Waals surface area contributed by atoms with E-state index in [0.29, 0.717) is 19.8 Å². The van der Waals surface area contributed by atoms with Gasteiger partial charge in [0.15, 0.2) is 16.7 Å². The van der Waals surface area contributed by atoms with E-state index < -0.39 is 0 Å². The van der Waals surface area contributed by atoms with Gasteiger partial charge in [-0.15, -0.1) is 16.8 Å². The molecule has 5 nitrogen and oxygen atoms in total. The molecule has 2 aromatic rings. The van der Waals surface area contributed by atoms with Gasteiger partial charge in [0.25, 0.3) is 0 Å². The third kappa shape index (κ3) is 3.15. The molecule has 22 heavy (non-hydrogen) atoms. The number of nitrogens with zero attached hydrogens (tertiary/aromatic N) is 3. The zero-order valence-electron chi connectivity index (χ0n) is 12.2. The number of ether oxygens (including phenoxy) is 2. The van der Waals surface area contributed by atoms with E-state index >= 15 is 0 Å². The van der Waals surface area contributed by atoms with E-state index in [4.69, 9.17) is 9.47 Å². The molecule has 1 aromatic heterocycles. The Morgan fingerprint density at radius 3 is 2.77 bits per heavy atom. The Morgan fingerprint density at radius 2 is 2.05 bits per heavy atom. The highest BCUT2D eigenvalue weighted by Gasteiger charge is 2.16. The van der Waals surface area contributed by atoms with Gasteiger partial charge in [0.05, 0.1) is 0 Å². The molecule has 0 bridgehead atoms. The van der Waals surface area contributed by atoms with Crippen LogP contribution in [-0.4, -0.2) is 28.0 Å². The van der Waals surface area contributed by atoms with Gasteiger partial charge in [-0.2, -0.15) is 0 Å². The number of aryl methyl sites for hydroxylation is 1. The lowest BCUT2D eigenvalue weighted by Gasteiger charge is -2.19. The summed E-state index contributed by atoms with van der Waals surface area (Å²) in [5.74, 6) is 3.25. The first kappa shape index (κ1) is 15.4. The van der Waals surface area contributed by atoms with Crippen LogP contribution in [0.2, 0.25) is 0 Å². The van der Waals surface area contributed by atoms with Gasteiger partial charge in [-0.3, -0.25) is 0 Å². The number of rotatable bonds is 5. The Bertz CT molecular complexity index is 702. The first-order valence-corrected chi connectivity index (χ1v) is 8.68. The Morgan fingerprint density at radius 1 is 1.32 bits per heavy atom. The number of fused-ring (bicyclic) bond motifs is 1. The highest BCUT2D eigenvalue weighted by molar-refractivity contribution is 9.10. The zero-order chi connectivity index (χ0) is 15.5. The molecule has 0 aliphatic carbocycles. The lowest BCUT2D eigenvalue weighted by molar-refractivity contribution is 0.171. The molecule has 116 valence electrons. The van der Waals surface area contributed by atoms with Crippen molar-refractivity contribution < 1.29 is 9.47 Å². The Kier molecular flexibility index (Phi) is 4.73. The maximum Gasteiger partial charge on any atom is 0.191 e. The zero-order valence-corrected chi connectivity index (χ0v) is 14.6. The summed E-state index contributed by atoms with van der Waals surface area (Å²) in [4.78, 5) is 0. The molecule has 0 N–H and O–H groups in total. The van der Waals surface area contributed by atoms with Crippen molar-refractivity contribution in [1.82, 2.24) is 14.8 Å². The van der Waals surface area contributed by atoms with Gasteiger partial charge in [-0.25, -0.2) is 0 Å². The van der Waals surface area contributed by atoms with Gasteiger partial charge < -0.3 is 14.0 Å². The minimum atomic E-state index is 0.591. The minimum absolute atomic E-state index is 0.591. The summed E-state index contributed by atoms with van der Waals surface area (Å²) in [7, 11) is 0. The molecule has 1 aromatic carbocycles. The average molecular weight is 382 g/mol. The van der Waals surface area contributed by atoms with Crippen LogP contribution in [0.3, 0.4) is 0 Å². The fourth-order valence-corrected chi connectivity index (χ4v) is 3.80. The molecule has 0 spiro atoms. The molecule has 1 aliphatic rings. The Labute approximate surface area is 141 Å². The van der Waals surface area contributed by atoms with Crippen molar-refractivity contribution >= 4 is 27.7 Å². The standard InChI is InChI=1S/C15H16BrN3O2S/c1-3-4-19-10(2)17-18-15(19)22-9-11-7-13-14(8-12(11)16)21-6-5-20-13/h3,7-8H,1,4-6,9H2,2H3. The van der Waals surface area contributed by atoms with Crippen LogP contribution in [0, 0.1) is 6.92 Å². The predicted molar refractivity (Wildman–Crippen MR) is 89.6 cm³/mol.